The first kappa shape index (κ1) is 19.6. The van der Waals surface area contributed by atoms with Crippen LogP contribution in [0.2, 0.25) is 0 Å². The predicted molar refractivity (Wildman–Crippen MR) is 94.0 cm³/mol. The van der Waals surface area contributed by atoms with Crippen LogP contribution in [0.1, 0.15) is 28.7 Å². The van der Waals surface area contributed by atoms with Gasteiger partial charge in [-0.05, 0) is 42.9 Å². The molecule has 0 spiro atoms. The van der Waals surface area contributed by atoms with Crippen molar-refractivity contribution in [2.75, 3.05) is 44.8 Å². The first-order valence-electron chi connectivity index (χ1n) is 8.50. The summed E-state index contributed by atoms with van der Waals surface area (Å²) in [6, 6.07) is 1.92. The fourth-order valence-corrected chi connectivity index (χ4v) is 3.47. The van der Waals surface area contributed by atoms with Crippen LogP contribution in [0.5, 0.6) is 0 Å². The molecule has 1 N–H and O–H groups in total. The molecule has 0 bridgehead atoms. The molecule has 0 unspecified atom stereocenters. The average Bonchev–Trinajstić information content (AvgIpc) is 2.55. The number of nitrogens with one attached hydrogen (secondary N) is 1. The summed E-state index contributed by atoms with van der Waals surface area (Å²) in [5.74, 6) is 2.44. The van der Waals surface area contributed by atoms with Crippen molar-refractivity contribution >= 4 is 5.69 Å². The number of aryl methyl sites for hydroxylation is 2. The summed E-state index contributed by atoms with van der Waals surface area (Å²) >= 11 is 0. The number of terminal acetylenes is 1. The van der Waals surface area contributed by atoms with Gasteiger partial charge in [0.1, 0.15) is 0 Å². The Morgan fingerprint density at radius 3 is 2.80 bits per heavy atom. The van der Waals surface area contributed by atoms with Crippen molar-refractivity contribution < 1.29 is 17.9 Å². The van der Waals surface area contributed by atoms with Gasteiger partial charge in [0.05, 0.1) is 24.4 Å². The molecule has 0 aromatic heterocycles. The van der Waals surface area contributed by atoms with Crippen LogP contribution in [0.3, 0.4) is 0 Å². The average molecular weight is 354 g/mol. The van der Waals surface area contributed by atoms with Crippen LogP contribution in [0.4, 0.5) is 18.9 Å². The zero-order chi connectivity index (χ0) is 18.4. The Hall–Kier alpha value is -1.71. The van der Waals surface area contributed by atoms with E-state index in [4.69, 9.17) is 11.2 Å². The number of anilines is 1. The smallest absolute Gasteiger partial charge is 0.383 e. The zero-order valence-corrected chi connectivity index (χ0v) is 14.8. The van der Waals surface area contributed by atoms with Crippen LogP contribution in [0.15, 0.2) is 6.07 Å². The van der Waals surface area contributed by atoms with Gasteiger partial charge in [-0.3, -0.25) is 0 Å². The highest BCUT2D eigenvalue weighted by molar-refractivity contribution is 5.67. The van der Waals surface area contributed by atoms with Crippen LogP contribution in [-0.4, -0.2) is 39.9 Å². The number of nitrogens with zero attached hydrogens (tertiary/aromatic N) is 1. The van der Waals surface area contributed by atoms with E-state index in [1.165, 1.54) is 0 Å². The fraction of sp³-hybridized carbons (Fsp3) is 0.579. The van der Waals surface area contributed by atoms with Gasteiger partial charge in [-0.15, -0.1) is 6.42 Å². The molecule has 0 saturated carbocycles. The SMILES string of the molecule is C#CCNCCc1c(C)cc2c(c1C(F)(F)F)N(CCOC)CCC2. The molecule has 3 nitrogen and oxygen atoms in total. The molecule has 0 radical (unpaired) electrons. The Balaban J connectivity index is 2.47. The lowest BCUT2D eigenvalue weighted by atomic mass is 9.89. The van der Waals surface area contributed by atoms with Gasteiger partial charge in [0.2, 0.25) is 0 Å². The Labute approximate surface area is 147 Å². The van der Waals surface area contributed by atoms with E-state index in [2.05, 4.69) is 11.2 Å². The molecule has 0 amide bonds. The van der Waals surface area contributed by atoms with Crippen molar-refractivity contribution in [3.05, 3.63) is 28.3 Å². The van der Waals surface area contributed by atoms with E-state index in [0.717, 1.165) is 12.0 Å². The zero-order valence-electron chi connectivity index (χ0n) is 14.8. The number of halogens is 3. The van der Waals surface area contributed by atoms with Crippen molar-refractivity contribution in [1.29, 1.82) is 0 Å². The molecule has 1 heterocycles. The minimum atomic E-state index is -4.39. The number of benzene rings is 1. The van der Waals surface area contributed by atoms with E-state index in [9.17, 15) is 13.2 Å². The second kappa shape index (κ2) is 8.59. The van der Waals surface area contributed by atoms with Crippen LogP contribution in [0, 0.1) is 19.3 Å². The second-order valence-corrected chi connectivity index (χ2v) is 6.27. The third-order valence-corrected chi connectivity index (χ3v) is 4.53. The first-order valence-corrected chi connectivity index (χ1v) is 8.50. The van der Waals surface area contributed by atoms with Gasteiger partial charge in [0.25, 0.3) is 0 Å². The van der Waals surface area contributed by atoms with Crippen LogP contribution in [-0.2, 0) is 23.8 Å². The van der Waals surface area contributed by atoms with Crippen LogP contribution >= 0.6 is 0 Å². The molecule has 1 aliphatic rings. The maximum absolute atomic E-state index is 14.0. The molecule has 1 aromatic rings. The summed E-state index contributed by atoms with van der Waals surface area (Å²) in [6.45, 7) is 4.03. The maximum atomic E-state index is 14.0. The number of rotatable bonds is 7. The van der Waals surface area contributed by atoms with E-state index < -0.39 is 11.7 Å². The quantitative estimate of drug-likeness (QED) is 0.601. The summed E-state index contributed by atoms with van der Waals surface area (Å²) < 4.78 is 47.0. The third-order valence-electron chi connectivity index (χ3n) is 4.53. The summed E-state index contributed by atoms with van der Waals surface area (Å²) in [4.78, 5) is 1.82. The Bertz CT molecular complexity index is 635. The molecule has 1 aromatic carbocycles. The van der Waals surface area contributed by atoms with Crippen LogP contribution in [0.25, 0.3) is 0 Å². The maximum Gasteiger partial charge on any atom is 0.418 e. The molecule has 0 atom stereocenters. The lowest BCUT2D eigenvalue weighted by Gasteiger charge is -2.35. The normalized spacial score (nSPS) is 14.3. The Kier molecular flexibility index (Phi) is 6.74. The molecule has 6 heteroatoms. The van der Waals surface area contributed by atoms with Crippen molar-refractivity contribution in [2.24, 2.45) is 0 Å². The van der Waals surface area contributed by atoms with Crippen molar-refractivity contribution in [3.63, 3.8) is 0 Å². The highest BCUT2D eigenvalue weighted by Gasteiger charge is 2.40. The number of hydrogen-bond acceptors (Lipinski definition) is 3. The van der Waals surface area contributed by atoms with Crippen LogP contribution < -0.4 is 10.2 Å². The minimum absolute atomic E-state index is 0.299. The minimum Gasteiger partial charge on any atom is -0.383 e. The van der Waals surface area contributed by atoms with E-state index in [-0.39, 0.29) is 0 Å². The largest absolute Gasteiger partial charge is 0.418 e. The van der Waals surface area contributed by atoms with Crippen molar-refractivity contribution in [1.82, 2.24) is 5.32 Å². The van der Waals surface area contributed by atoms with Crippen molar-refractivity contribution in [3.8, 4) is 12.3 Å². The molecular weight excluding hydrogens is 329 g/mol. The second-order valence-electron chi connectivity index (χ2n) is 6.27. The predicted octanol–water partition coefficient (Wildman–Crippen LogP) is 3.18. The highest BCUT2D eigenvalue weighted by Crippen LogP contribution is 2.44. The fourth-order valence-electron chi connectivity index (χ4n) is 3.47. The number of hydrogen-bond donors (Lipinski definition) is 1. The monoisotopic (exact) mass is 354 g/mol. The van der Waals surface area contributed by atoms with Gasteiger partial charge in [-0.2, -0.15) is 13.2 Å². The molecule has 0 aliphatic carbocycles. The van der Waals surface area contributed by atoms with Crippen molar-refractivity contribution in [2.45, 2.75) is 32.4 Å². The molecule has 2 rings (SSSR count). The van der Waals surface area contributed by atoms with E-state index in [1.54, 1.807) is 14.0 Å². The van der Waals surface area contributed by atoms with E-state index in [0.29, 0.717) is 62.4 Å². The molecule has 25 heavy (non-hydrogen) atoms. The molecular formula is C19H25F3N2O. The summed E-state index contributed by atoms with van der Waals surface area (Å²) in [5, 5.41) is 2.98. The van der Waals surface area contributed by atoms with E-state index >= 15 is 0 Å². The number of alkyl halides is 3. The highest BCUT2D eigenvalue weighted by atomic mass is 19.4. The lowest BCUT2D eigenvalue weighted by Crippen LogP contribution is -2.35. The molecule has 0 saturated heterocycles. The third kappa shape index (κ3) is 4.68. The van der Waals surface area contributed by atoms with E-state index in [1.807, 2.05) is 11.0 Å². The number of methoxy groups -OCH3 is 1. The van der Waals surface area contributed by atoms with Gasteiger partial charge in [0, 0.05) is 26.7 Å². The van der Waals surface area contributed by atoms with Gasteiger partial charge in [-0.25, -0.2) is 0 Å². The van der Waals surface area contributed by atoms with Gasteiger partial charge in [-0.1, -0.05) is 12.0 Å². The molecule has 1 aliphatic heterocycles. The lowest BCUT2D eigenvalue weighted by molar-refractivity contribution is -0.137. The van der Waals surface area contributed by atoms with Gasteiger partial charge >= 0.3 is 6.18 Å². The Morgan fingerprint density at radius 2 is 2.16 bits per heavy atom. The molecule has 138 valence electrons. The number of ether oxygens (including phenoxy) is 1. The number of fused-ring (bicyclic) bond motifs is 1. The standard InChI is InChI=1S/C19H25F3N2O/c1-4-8-23-9-7-16-14(2)13-15-6-5-10-24(11-12-25-3)18(15)17(16)19(20,21)22/h1,13,23H,5-12H2,2-3H3. The Morgan fingerprint density at radius 1 is 1.40 bits per heavy atom. The van der Waals surface area contributed by atoms with Gasteiger partial charge in [0.15, 0.2) is 0 Å². The van der Waals surface area contributed by atoms with Gasteiger partial charge < -0.3 is 15.0 Å². The summed E-state index contributed by atoms with van der Waals surface area (Å²) in [6.07, 6.45) is 2.63. The summed E-state index contributed by atoms with van der Waals surface area (Å²) in [7, 11) is 1.56. The topological polar surface area (TPSA) is 24.5 Å². The first-order chi connectivity index (χ1) is 11.9. The summed E-state index contributed by atoms with van der Waals surface area (Å²) in [5.41, 5.74) is 1.70. The molecule has 0 fully saturated rings.